The fourth-order valence-electron chi connectivity index (χ4n) is 2.91. The zero-order chi connectivity index (χ0) is 21.5. The summed E-state index contributed by atoms with van der Waals surface area (Å²) in [6.45, 7) is 8.69. The Labute approximate surface area is 176 Å². The van der Waals surface area contributed by atoms with Crippen molar-refractivity contribution < 1.29 is 18.8 Å². The highest BCUT2D eigenvalue weighted by Crippen LogP contribution is 2.26. The third-order valence-corrected chi connectivity index (χ3v) is 4.44. The monoisotopic (exact) mass is 409 g/mol. The SMILES string of the molecule is CCCOc1ccc(Oc2ncccc2CNC(=O)c2c(C)noc2C(C)C)cc1. The van der Waals surface area contributed by atoms with E-state index in [4.69, 9.17) is 14.0 Å². The van der Waals surface area contributed by atoms with Crippen LogP contribution >= 0.6 is 0 Å². The maximum atomic E-state index is 12.7. The van der Waals surface area contributed by atoms with Crippen LogP contribution in [0.15, 0.2) is 47.1 Å². The molecule has 1 N–H and O–H groups in total. The van der Waals surface area contributed by atoms with Gasteiger partial charge in [-0.15, -0.1) is 0 Å². The van der Waals surface area contributed by atoms with Crippen molar-refractivity contribution in [1.29, 1.82) is 0 Å². The molecule has 0 saturated heterocycles. The molecule has 158 valence electrons. The number of hydrogen-bond donors (Lipinski definition) is 1. The minimum atomic E-state index is -0.232. The van der Waals surface area contributed by atoms with Crippen LogP contribution in [0.4, 0.5) is 0 Å². The molecule has 0 atom stereocenters. The first kappa shape index (κ1) is 21.4. The Kier molecular flexibility index (Phi) is 7.06. The lowest BCUT2D eigenvalue weighted by Crippen LogP contribution is -2.24. The molecule has 0 unspecified atom stereocenters. The number of pyridine rings is 1. The van der Waals surface area contributed by atoms with Crippen molar-refractivity contribution in [3.8, 4) is 17.4 Å². The Morgan fingerprint density at radius 1 is 1.17 bits per heavy atom. The summed E-state index contributed by atoms with van der Waals surface area (Å²) in [5.41, 5.74) is 1.82. The second-order valence-electron chi connectivity index (χ2n) is 7.23. The summed E-state index contributed by atoms with van der Waals surface area (Å²) in [7, 11) is 0. The van der Waals surface area contributed by atoms with Crippen LogP contribution in [-0.2, 0) is 6.54 Å². The van der Waals surface area contributed by atoms with Crippen LogP contribution in [0, 0.1) is 6.92 Å². The zero-order valence-electron chi connectivity index (χ0n) is 17.8. The molecule has 0 fully saturated rings. The van der Waals surface area contributed by atoms with Crippen molar-refractivity contribution in [3.63, 3.8) is 0 Å². The molecule has 0 aliphatic carbocycles. The molecule has 7 nitrogen and oxygen atoms in total. The molecule has 2 aromatic heterocycles. The maximum Gasteiger partial charge on any atom is 0.257 e. The highest BCUT2D eigenvalue weighted by Gasteiger charge is 2.22. The summed E-state index contributed by atoms with van der Waals surface area (Å²) in [6, 6.07) is 11.1. The predicted molar refractivity (Wildman–Crippen MR) is 113 cm³/mol. The molecule has 1 aromatic carbocycles. The van der Waals surface area contributed by atoms with Crippen molar-refractivity contribution in [2.75, 3.05) is 6.61 Å². The molecule has 0 radical (unpaired) electrons. The third kappa shape index (κ3) is 5.17. The number of nitrogens with zero attached hydrogens (tertiary/aromatic N) is 2. The van der Waals surface area contributed by atoms with Crippen LogP contribution in [-0.4, -0.2) is 22.7 Å². The van der Waals surface area contributed by atoms with E-state index in [0.29, 0.717) is 35.3 Å². The highest BCUT2D eigenvalue weighted by atomic mass is 16.5. The van der Waals surface area contributed by atoms with E-state index < -0.39 is 0 Å². The minimum absolute atomic E-state index is 0.0634. The Bertz CT molecular complexity index is 980. The second-order valence-corrected chi connectivity index (χ2v) is 7.23. The number of aryl methyl sites for hydroxylation is 1. The Hall–Kier alpha value is -3.35. The summed E-state index contributed by atoms with van der Waals surface area (Å²) in [6.07, 6.45) is 2.61. The van der Waals surface area contributed by atoms with Crippen molar-refractivity contribution >= 4 is 5.91 Å². The molecule has 0 aliphatic rings. The molecule has 2 heterocycles. The van der Waals surface area contributed by atoms with Crippen LogP contribution in [0.2, 0.25) is 0 Å². The molecule has 0 spiro atoms. The number of benzene rings is 1. The van der Waals surface area contributed by atoms with Gasteiger partial charge in [0, 0.05) is 24.2 Å². The van der Waals surface area contributed by atoms with Gasteiger partial charge in [0.15, 0.2) is 5.76 Å². The van der Waals surface area contributed by atoms with Crippen LogP contribution in [0.5, 0.6) is 17.4 Å². The lowest BCUT2D eigenvalue weighted by Gasteiger charge is -2.12. The van der Waals surface area contributed by atoms with Gasteiger partial charge in [0.25, 0.3) is 5.91 Å². The van der Waals surface area contributed by atoms with Gasteiger partial charge in [-0.2, -0.15) is 0 Å². The zero-order valence-corrected chi connectivity index (χ0v) is 17.8. The predicted octanol–water partition coefficient (Wildman–Crippen LogP) is 5.01. The van der Waals surface area contributed by atoms with Gasteiger partial charge in [-0.25, -0.2) is 4.98 Å². The fraction of sp³-hybridized carbons (Fsp3) is 0.348. The van der Waals surface area contributed by atoms with E-state index in [1.54, 1.807) is 19.2 Å². The van der Waals surface area contributed by atoms with Crippen molar-refractivity contribution in [2.45, 2.75) is 46.6 Å². The van der Waals surface area contributed by atoms with Gasteiger partial charge < -0.3 is 19.3 Å². The molecular formula is C23H27N3O4. The molecule has 30 heavy (non-hydrogen) atoms. The van der Waals surface area contributed by atoms with Crippen molar-refractivity contribution in [3.05, 3.63) is 65.2 Å². The molecule has 7 heteroatoms. The van der Waals surface area contributed by atoms with E-state index >= 15 is 0 Å². The van der Waals surface area contributed by atoms with E-state index in [0.717, 1.165) is 17.7 Å². The maximum absolute atomic E-state index is 12.7. The largest absolute Gasteiger partial charge is 0.494 e. The number of ether oxygens (including phenoxy) is 2. The van der Waals surface area contributed by atoms with Crippen LogP contribution in [0.1, 0.15) is 60.5 Å². The summed E-state index contributed by atoms with van der Waals surface area (Å²) in [5.74, 6) is 2.28. The van der Waals surface area contributed by atoms with Gasteiger partial charge in [-0.3, -0.25) is 4.79 Å². The molecular weight excluding hydrogens is 382 g/mol. The Morgan fingerprint density at radius 3 is 2.60 bits per heavy atom. The molecule has 3 rings (SSSR count). The van der Waals surface area contributed by atoms with Crippen LogP contribution in [0.25, 0.3) is 0 Å². The quantitative estimate of drug-likeness (QED) is 0.534. The van der Waals surface area contributed by atoms with Gasteiger partial charge in [0.2, 0.25) is 5.88 Å². The number of carbonyl (C=O) groups excluding carboxylic acids is 1. The Balaban J connectivity index is 1.69. The van der Waals surface area contributed by atoms with E-state index in [1.165, 1.54) is 0 Å². The first-order valence-electron chi connectivity index (χ1n) is 10.1. The third-order valence-electron chi connectivity index (χ3n) is 4.44. The van der Waals surface area contributed by atoms with E-state index in [-0.39, 0.29) is 18.4 Å². The molecule has 0 saturated carbocycles. The normalized spacial score (nSPS) is 10.8. The van der Waals surface area contributed by atoms with Gasteiger partial charge in [-0.05, 0) is 43.7 Å². The van der Waals surface area contributed by atoms with Gasteiger partial charge >= 0.3 is 0 Å². The average Bonchev–Trinajstić information content (AvgIpc) is 3.14. The van der Waals surface area contributed by atoms with E-state index in [9.17, 15) is 4.79 Å². The number of nitrogens with one attached hydrogen (secondary N) is 1. The van der Waals surface area contributed by atoms with Gasteiger partial charge in [-0.1, -0.05) is 32.0 Å². The van der Waals surface area contributed by atoms with E-state index in [1.807, 2.05) is 44.2 Å². The van der Waals surface area contributed by atoms with Crippen molar-refractivity contribution in [1.82, 2.24) is 15.5 Å². The van der Waals surface area contributed by atoms with Crippen molar-refractivity contribution in [2.24, 2.45) is 0 Å². The number of carbonyl (C=O) groups is 1. The summed E-state index contributed by atoms with van der Waals surface area (Å²) < 4.78 is 16.8. The lowest BCUT2D eigenvalue weighted by molar-refractivity contribution is 0.0947. The smallest absolute Gasteiger partial charge is 0.257 e. The molecule has 1 amide bonds. The standard InChI is InChI=1S/C23H27N3O4/c1-5-13-28-18-8-10-19(11-9-18)29-23-17(7-6-12-24-23)14-25-22(27)20-16(4)26-30-21(20)15(2)3/h6-12,15H,5,13-14H2,1-4H3,(H,25,27). The summed E-state index contributed by atoms with van der Waals surface area (Å²) in [5, 5.41) is 6.85. The lowest BCUT2D eigenvalue weighted by atomic mass is 10.0. The first-order chi connectivity index (χ1) is 14.5. The number of hydrogen-bond acceptors (Lipinski definition) is 6. The van der Waals surface area contributed by atoms with Crippen LogP contribution < -0.4 is 14.8 Å². The summed E-state index contributed by atoms with van der Waals surface area (Å²) >= 11 is 0. The first-order valence-corrected chi connectivity index (χ1v) is 10.1. The average molecular weight is 409 g/mol. The number of amides is 1. The Morgan fingerprint density at radius 2 is 1.90 bits per heavy atom. The number of rotatable bonds is 9. The molecule has 0 bridgehead atoms. The minimum Gasteiger partial charge on any atom is -0.494 e. The second kappa shape index (κ2) is 9.91. The molecule has 0 aliphatic heterocycles. The van der Waals surface area contributed by atoms with Gasteiger partial charge in [0.05, 0.1) is 12.3 Å². The van der Waals surface area contributed by atoms with Gasteiger partial charge in [0.1, 0.15) is 17.1 Å². The fourth-order valence-corrected chi connectivity index (χ4v) is 2.91. The summed E-state index contributed by atoms with van der Waals surface area (Å²) in [4.78, 5) is 17.0. The molecule has 3 aromatic rings. The number of aromatic nitrogens is 2. The topological polar surface area (TPSA) is 86.5 Å². The van der Waals surface area contributed by atoms with E-state index in [2.05, 4.69) is 22.4 Å². The highest BCUT2D eigenvalue weighted by molar-refractivity contribution is 5.96. The van der Waals surface area contributed by atoms with Crippen LogP contribution in [0.3, 0.4) is 0 Å².